The second-order valence-corrected chi connectivity index (χ2v) is 5.46. The van der Waals surface area contributed by atoms with Crippen LogP contribution in [0.25, 0.3) is 17.6 Å². The van der Waals surface area contributed by atoms with Crippen molar-refractivity contribution in [2.24, 2.45) is 0 Å². The lowest BCUT2D eigenvalue weighted by Crippen LogP contribution is -2.06. The van der Waals surface area contributed by atoms with Crippen LogP contribution in [0, 0.1) is 12.7 Å². The number of anilines is 1. The van der Waals surface area contributed by atoms with E-state index in [0.29, 0.717) is 22.6 Å². The fourth-order valence-corrected chi connectivity index (χ4v) is 2.34. The summed E-state index contributed by atoms with van der Waals surface area (Å²) in [5.41, 5.74) is 1.97. The topological polar surface area (TPSA) is 66.5 Å². The van der Waals surface area contributed by atoms with Crippen molar-refractivity contribution in [1.29, 1.82) is 0 Å². The normalized spacial score (nSPS) is 14.9. The SMILES string of the molecule is C=C/C(F)=C\c1c(-c2nc(NC)c(F)c(C3CC3)n2)n[nH]c1C. The molecule has 3 rings (SSSR count). The molecule has 1 fully saturated rings. The smallest absolute Gasteiger partial charge is 0.187 e. The zero-order valence-corrected chi connectivity index (χ0v) is 13.0. The molecule has 5 nitrogen and oxygen atoms in total. The number of hydrogen-bond donors (Lipinski definition) is 2. The lowest BCUT2D eigenvalue weighted by molar-refractivity contribution is 0.597. The van der Waals surface area contributed by atoms with Gasteiger partial charge in [-0.05, 0) is 31.9 Å². The Kier molecular flexibility index (Phi) is 3.94. The molecule has 2 aromatic heterocycles. The average molecular weight is 317 g/mol. The number of aromatic amines is 1. The predicted molar refractivity (Wildman–Crippen MR) is 85.1 cm³/mol. The Bertz CT molecular complexity index is 790. The number of aryl methyl sites for hydroxylation is 1. The molecule has 0 unspecified atom stereocenters. The Balaban J connectivity index is 2.16. The number of allylic oxidation sites excluding steroid dienone is 2. The summed E-state index contributed by atoms with van der Waals surface area (Å²) in [6.07, 6.45) is 4.24. The fourth-order valence-electron chi connectivity index (χ4n) is 2.34. The van der Waals surface area contributed by atoms with E-state index in [1.54, 1.807) is 14.0 Å². The Morgan fingerprint density at radius 3 is 2.74 bits per heavy atom. The second-order valence-electron chi connectivity index (χ2n) is 5.46. The van der Waals surface area contributed by atoms with E-state index >= 15 is 0 Å². The molecule has 1 aliphatic rings. The summed E-state index contributed by atoms with van der Waals surface area (Å²) >= 11 is 0. The summed E-state index contributed by atoms with van der Waals surface area (Å²) in [6.45, 7) is 5.16. The highest BCUT2D eigenvalue weighted by Crippen LogP contribution is 2.42. The van der Waals surface area contributed by atoms with Crippen molar-refractivity contribution in [3.8, 4) is 11.5 Å². The first-order chi connectivity index (χ1) is 11.0. The third-order valence-electron chi connectivity index (χ3n) is 3.76. The summed E-state index contributed by atoms with van der Waals surface area (Å²) in [4.78, 5) is 8.52. The van der Waals surface area contributed by atoms with Crippen LogP contribution in [-0.4, -0.2) is 27.2 Å². The molecule has 0 spiro atoms. The van der Waals surface area contributed by atoms with Gasteiger partial charge in [-0.3, -0.25) is 5.10 Å². The summed E-state index contributed by atoms with van der Waals surface area (Å²) in [7, 11) is 1.60. The molecule has 0 atom stereocenters. The maximum atomic E-state index is 14.3. The van der Waals surface area contributed by atoms with Crippen molar-refractivity contribution in [3.63, 3.8) is 0 Å². The highest BCUT2D eigenvalue weighted by Gasteiger charge is 2.31. The third-order valence-corrected chi connectivity index (χ3v) is 3.76. The quantitative estimate of drug-likeness (QED) is 0.825. The van der Waals surface area contributed by atoms with Gasteiger partial charge in [0.15, 0.2) is 17.5 Å². The maximum Gasteiger partial charge on any atom is 0.187 e. The Hall–Kier alpha value is -2.57. The van der Waals surface area contributed by atoms with Gasteiger partial charge in [-0.15, -0.1) is 0 Å². The Morgan fingerprint density at radius 1 is 1.39 bits per heavy atom. The van der Waals surface area contributed by atoms with Crippen LogP contribution in [0.5, 0.6) is 0 Å². The van der Waals surface area contributed by atoms with Gasteiger partial charge in [0, 0.05) is 24.2 Å². The molecule has 0 radical (unpaired) electrons. The third kappa shape index (κ3) is 2.86. The molecular formula is C16H17F2N5. The molecule has 0 saturated heterocycles. The second kappa shape index (κ2) is 5.91. The van der Waals surface area contributed by atoms with E-state index in [0.717, 1.165) is 18.9 Å². The van der Waals surface area contributed by atoms with Crippen LogP contribution < -0.4 is 5.32 Å². The van der Waals surface area contributed by atoms with Crippen molar-refractivity contribution in [2.45, 2.75) is 25.7 Å². The molecule has 0 bridgehead atoms. The van der Waals surface area contributed by atoms with E-state index in [1.807, 2.05) is 0 Å². The monoisotopic (exact) mass is 317 g/mol. The number of nitrogens with one attached hydrogen (secondary N) is 2. The van der Waals surface area contributed by atoms with Gasteiger partial charge < -0.3 is 5.32 Å². The van der Waals surface area contributed by atoms with E-state index in [4.69, 9.17) is 0 Å². The summed E-state index contributed by atoms with van der Waals surface area (Å²) < 4.78 is 27.9. The van der Waals surface area contributed by atoms with Crippen LogP contribution in [0.15, 0.2) is 18.5 Å². The van der Waals surface area contributed by atoms with E-state index in [2.05, 4.69) is 32.1 Å². The van der Waals surface area contributed by atoms with Gasteiger partial charge in [0.05, 0.1) is 5.69 Å². The number of aromatic nitrogens is 4. The summed E-state index contributed by atoms with van der Waals surface area (Å²) in [5.74, 6) is -0.413. The molecule has 0 aliphatic heterocycles. The molecule has 1 aliphatic carbocycles. The first-order valence-electron chi connectivity index (χ1n) is 7.35. The van der Waals surface area contributed by atoms with Crippen LogP contribution >= 0.6 is 0 Å². The van der Waals surface area contributed by atoms with Crippen LogP contribution in [-0.2, 0) is 0 Å². The molecule has 2 aromatic rings. The Labute approximate surface area is 132 Å². The first kappa shape index (κ1) is 15.3. The first-order valence-corrected chi connectivity index (χ1v) is 7.35. The molecular weight excluding hydrogens is 300 g/mol. The maximum absolute atomic E-state index is 14.3. The molecule has 23 heavy (non-hydrogen) atoms. The van der Waals surface area contributed by atoms with E-state index in [1.165, 1.54) is 6.08 Å². The molecule has 0 aromatic carbocycles. The minimum Gasteiger partial charge on any atom is -0.371 e. The standard InChI is InChI=1S/C16H17F2N5/c1-4-10(17)7-11-8(2)22-23-14(11)16-20-13(9-5-6-9)12(18)15(19-3)21-16/h4,7,9H,1,5-6H2,2-3H3,(H,22,23)(H,19,20,21)/b10-7+. The van der Waals surface area contributed by atoms with Gasteiger partial charge in [0.25, 0.3) is 0 Å². The predicted octanol–water partition coefficient (Wildman–Crippen LogP) is 3.73. The molecule has 1 saturated carbocycles. The lowest BCUT2D eigenvalue weighted by atomic mass is 10.1. The average Bonchev–Trinajstić information content (AvgIpc) is 3.33. The van der Waals surface area contributed by atoms with Gasteiger partial charge in [-0.1, -0.05) is 6.58 Å². The molecule has 2 heterocycles. The number of halogens is 2. The summed E-state index contributed by atoms with van der Waals surface area (Å²) in [5, 5.41) is 9.68. The van der Waals surface area contributed by atoms with Gasteiger partial charge in [-0.25, -0.2) is 18.7 Å². The van der Waals surface area contributed by atoms with Crippen LogP contribution in [0.4, 0.5) is 14.6 Å². The van der Waals surface area contributed by atoms with Crippen LogP contribution in [0.3, 0.4) is 0 Å². The minimum atomic E-state index is -0.492. The van der Waals surface area contributed by atoms with Gasteiger partial charge in [0.1, 0.15) is 11.5 Å². The van der Waals surface area contributed by atoms with Crippen LogP contribution in [0.1, 0.15) is 35.7 Å². The molecule has 0 amide bonds. The van der Waals surface area contributed by atoms with Gasteiger partial charge in [0.2, 0.25) is 0 Å². The van der Waals surface area contributed by atoms with E-state index in [9.17, 15) is 8.78 Å². The highest BCUT2D eigenvalue weighted by molar-refractivity contribution is 5.71. The van der Waals surface area contributed by atoms with Crippen molar-refractivity contribution in [2.75, 3.05) is 12.4 Å². The zero-order valence-electron chi connectivity index (χ0n) is 13.0. The van der Waals surface area contributed by atoms with E-state index in [-0.39, 0.29) is 17.6 Å². The molecule has 2 N–H and O–H groups in total. The number of rotatable bonds is 5. The number of nitrogens with zero attached hydrogens (tertiary/aromatic N) is 3. The number of H-pyrrole nitrogens is 1. The fraction of sp³-hybridized carbons (Fsp3) is 0.312. The van der Waals surface area contributed by atoms with Gasteiger partial charge >= 0.3 is 0 Å². The van der Waals surface area contributed by atoms with Crippen molar-refractivity contribution >= 4 is 11.9 Å². The number of hydrogen-bond acceptors (Lipinski definition) is 4. The zero-order chi connectivity index (χ0) is 16.6. The Morgan fingerprint density at radius 2 is 2.13 bits per heavy atom. The van der Waals surface area contributed by atoms with Gasteiger partial charge in [-0.2, -0.15) is 5.10 Å². The minimum absolute atomic E-state index is 0.118. The van der Waals surface area contributed by atoms with Crippen molar-refractivity contribution < 1.29 is 8.78 Å². The largest absolute Gasteiger partial charge is 0.371 e. The van der Waals surface area contributed by atoms with Crippen molar-refractivity contribution in [1.82, 2.24) is 20.2 Å². The highest BCUT2D eigenvalue weighted by atomic mass is 19.1. The molecule has 120 valence electrons. The summed E-state index contributed by atoms with van der Waals surface area (Å²) in [6, 6.07) is 0. The van der Waals surface area contributed by atoms with Crippen LogP contribution in [0.2, 0.25) is 0 Å². The van der Waals surface area contributed by atoms with Crippen molar-refractivity contribution in [3.05, 3.63) is 41.3 Å². The molecule has 7 heteroatoms. The lowest BCUT2D eigenvalue weighted by Gasteiger charge is -2.08. The van der Waals surface area contributed by atoms with E-state index < -0.39 is 11.6 Å².